The third-order valence-corrected chi connectivity index (χ3v) is 6.16. The van der Waals surface area contributed by atoms with Crippen molar-refractivity contribution in [3.63, 3.8) is 0 Å². The Hall–Kier alpha value is -1.66. The van der Waals surface area contributed by atoms with E-state index >= 15 is 0 Å². The van der Waals surface area contributed by atoms with E-state index in [1.165, 1.54) is 32.1 Å². The SMILES string of the molecule is Brc1cnccc1Oc1ccc2nc(NCC3CCCCC3)sc2c1. The first kappa shape index (κ1) is 16.8. The number of aromatic nitrogens is 2. The van der Waals surface area contributed by atoms with Crippen molar-refractivity contribution < 1.29 is 4.74 Å². The first-order chi connectivity index (χ1) is 12.3. The molecule has 2 aromatic heterocycles. The normalized spacial score (nSPS) is 15.4. The Bertz CT molecular complexity index is 861. The van der Waals surface area contributed by atoms with Crippen molar-refractivity contribution in [1.82, 2.24) is 9.97 Å². The van der Waals surface area contributed by atoms with E-state index in [9.17, 15) is 0 Å². The molecule has 1 N–H and O–H groups in total. The summed E-state index contributed by atoms with van der Waals surface area (Å²) in [5, 5.41) is 4.54. The van der Waals surface area contributed by atoms with Crippen LogP contribution in [0.4, 0.5) is 5.13 Å². The molecule has 1 saturated carbocycles. The number of halogens is 1. The third kappa shape index (κ3) is 4.12. The minimum absolute atomic E-state index is 0.759. The molecule has 1 fully saturated rings. The first-order valence-electron chi connectivity index (χ1n) is 8.70. The summed E-state index contributed by atoms with van der Waals surface area (Å²) in [6.07, 6.45) is 10.3. The van der Waals surface area contributed by atoms with E-state index in [0.717, 1.165) is 43.8 Å². The van der Waals surface area contributed by atoms with E-state index in [1.54, 1.807) is 23.7 Å². The maximum atomic E-state index is 5.95. The molecule has 4 rings (SSSR count). The Morgan fingerprint density at radius 3 is 2.92 bits per heavy atom. The zero-order valence-corrected chi connectivity index (χ0v) is 16.3. The molecule has 25 heavy (non-hydrogen) atoms. The van der Waals surface area contributed by atoms with Gasteiger partial charge in [-0.1, -0.05) is 30.6 Å². The summed E-state index contributed by atoms with van der Waals surface area (Å²) in [5.41, 5.74) is 1.01. The van der Waals surface area contributed by atoms with Crippen molar-refractivity contribution in [2.75, 3.05) is 11.9 Å². The average molecular weight is 418 g/mol. The fourth-order valence-corrected chi connectivity index (χ4v) is 4.47. The number of fused-ring (bicyclic) bond motifs is 1. The minimum atomic E-state index is 0.759. The molecular weight excluding hydrogens is 398 g/mol. The lowest BCUT2D eigenvalue weighted by atomic mass is 9.89. The lowest BCUT2D eigenvalue weighted by Gasteiger charge is -2.21. The number of hydrogen-bond donors (Lipinski definition) is 1. The van der Waals surface area contributed by atoms with Gasteiger partial charge in [0.15, 0.2) is 5.13 Å². The van der Waals surface area contributed by atoms with Crippen LogP contribution in [-0.2, 0) is 0 Å². The quantitative estimate of drug-likeness (QED) is 0.533. The van der Waals surface area contributed by atoms with E-state index in [-0.39, 0.29) is 0 Å². The highest BCUT2D eigenvalue weighted by Gasteiger charge is 2.14. The molecule has 0 radical (unpaired) electrons. The number of thiazole rings is 1. The second-order valence-electron chi connectivity index (χ2n) is 6.44. The van der Waals surface area contributed by atoms with Crippen molar-refractivity contribution in [3.05, 3.63) is 41.1 Å². The van der Waals surface area contributed by atoms with Gasteiger partial charge in [0.25, 0.3) is 0 Å². The lowest BCUT2D eigenvalue weighted by Crippen LogP contribution is -2.16. The summed E-state index contributed by atoms with van der Waals surface area (Å²) < 4.78 is 7.93. The molecule has 6 heteroatoms. The molecule has 0 aliphatic heterocycles. The van der Waals surface area contributed by atoms with Crippen LogP contribution in [0.2, 0.25) is 0 Å². The van der Waals surface area contributed by atoms with E-state index in [4.69, 9.17) is 9.72 Å². The topological polar surface area (TPSA) is 47.0 Å². The fraction of sp³-hybridized carbons (Fsp3) is 0.368. The summed E-state index contributed by atoms with van der Waals surface area (Å²) in [6.45, 7) is 1.03. The number of ether oxygens (including phenoxy) is 1. The van der Waals surface area contributed by atoms with Crippen LogP contribution in [0, 0.1) is 5.92 Å². The van der Waals surface area contributed by atoms with Crippen molar-refractivity contribution >= 4 is 42.6 Å². The molecule has 4 nitrogen and oxygen atoms in total. The van der Waals surface area contributed by atoms with Crippen LogP contribution in [0.5, 0.6) is 11.5 Å². The van der Waals surface area contributed by atoms with Gasteiger partial charge < -0.3 is 10.1 Å². The van der Waals surface area contributed by atoms with Crippen LogP contribution in [0.15, 0.2) is 41.1 Å². The van der Waals surface area contributed by atoms with Gasteiger partial charge in [-0.15, -0.1) is 0 Å². The van der Waals surface area contributed by atoms with Crippen LogP contribution in [-0.4, -0.2) is 16.5 Å². The molecule has 1 aromatic carbocycles. The van der Waals surface area contributed by atoms with Crippen molar-refractivity contribution in [3.8, 4) is 11.5 Å². The molecule has 2 heterocycles. The molecule has 1 aliphatic rings. The average Bonchev–Trinajstić information content (AvgIpc) is 3.05. The summed E-state index contributed by atoms with van der Waals surface area (Å²) in [4.78, 5) is 8.75. The van der Waals surface area contributed by atoms with Gasteiger partial charge in [-0.3, -0.25) is 4.98 Å². The molecule has 0 atom stereocenters. The van der Waals surface area contributed by atoms with Gasteiger partial charge in [0, 0.05) is 31.1 Å². The third-order valence-electron chi connectivity index (χ3n) is 4.59. The fourth-order valence-electron chi connectivity index (χ4n) is 3.24. The molecular formula is C19H20BrN3OS. The maximum Gasteiger partial charge on any atom is 0.183 e. The summed E-state index contributed by atoms with van der Waals surface area (Å²) in [6, 6.07) is 7.87. The van der Waals surface area contributed by atoms with Crippen LogP contribution in [0.1, 0.15) is 32.1 Å². The van der Waals surface area contributed by atoms with Gasteiger partial charge in [-0.2, -0.15) is 0 Å². The molecule has 0 amide bonds. The summed E-state index contributed by atoms with van der Waals surface area (Å²) in [5.74, 6) is 2.36. The molecule has 130 valence electrons. The standard InChI is InChI=1S/C19H20BrN3OS/c20-15-12-21-9-8-17(15)24-14-6-7-16-18(10-14)25-19(23-16)22-11-13-4-2-1-3-5-13/h6-10,12-13H,1-5,11H2,(H,22,23). The van der Waals surface area contributed by atoms with Crippen LogP contribution in [0.25, 0.3) is 10.2 Å². The van der Waals surface area contributed by atoms with Gasteiger partial charge in [0.2, 0.25) is 0 Å². The largest absolute Gasteiger partial charge is 0.456 e. The molecule has 0 saturated heterocycles. The monoisotopic (exact) mass is 417 g/mol. The second-order valence-corrected chi connectivity index (χ2v) is 8.33. The number of nitrogens with one attached hydrogen (secondary N) is 1. The zero-order chi connectivity index (χ0) is 17.1. The molecule has 0 unspecified atom stereocenters. The summed E-state index contributed by atoms with van der Waals surface area (Å²) >= 11 is 5.15. The van der Waals surface area contributed by atoms with E-state index < -0.39 is 0 Å². The molecule has 3 aromatic rings. The Morgan fingerprint density at radius 2 is 2.08 bits per heavy atom. The number of pyridine rings is 1. The number of hydrogen-bond acceptors (Lipinski definition) is 5. The number of rotatable bonds is 5. The van der Waals surface area contributed by atoms with Gasteiger partial charge in [0.1, 0.15) is 11.5 Å². The van der Waals surface area contributed by atoms with Crippen LogP contribution >= 0.6 is 27.3 Å². The maximum absolute atomic E-state index is 5.95. The predicted molar refractivity (Wildman–Crippen MR) is 107 cm³/mol. The first-order valence-corrected chi connectivity index (χ1v) is 10.3. The molecule has 0 spiro atoms. The Kier molecular flexibility index (Phi) is 5.17. The van der Waals surface area contributed by atoms with E-state index in [2.05, 4.69) is 26.2 Å². The van der Waals surface area contributed by atoms with E-state index in [1.807, 2.05) is 24.3 Å². The van der Waals surface area contributed by atoms with Gasteiger partial charge in [-0.05, 0) is 46.8 Å². The highest BCUT2D eigenvalue weighted by molar-refractivity contribution is 9.10. The predicted octanol–water partition coefficient (Wildman–Crippen LogP) is 6.24. The highest BCUT2D eigenvalue weighted by atomic mass is 79.9. The minimum Gasteiger partial charge on any atom is -0.456 e. The van der Waals surface area contributed by atoms with Gasteiger partial charge >= 0.3 is 0 Å². The molecule has 1 aliphatic carbocycles. The zero-order valence-electron chi connectivity index (χ0n) is 13.9. The summed E-state index contributed by atoms with van der Waals surface area (Å²) in [7, 11) is 0. The number of nitrogens with zero attached hydrogens (tertiary/aromatic N) is 2. The number of anilines is 1. The van der Waals surface area contributed by atoms with Gasteiger partial charge in [-0.25, -0.2) is 4.98 Å². The Labute approximate surface area is 159 Å². The van der Waals surface area contributed by atoms with Crippen molar-refractivity contribution in [2.24, 2.45) is 5.92 Å². The second kappa shape index (κ2) is 7.70. The van der Waals surface area contributed by atoms with Crippen molar-refractivity contribution in [2.45, 2.75) is 32.1 Å². The Morgan fingerprint density at radius 1 is 1.20 bits per heavy atom. The van der Waals surface area contributed by atoms with Crippen LogP contribution < -0.4 is 10.1 Å². The highest BCUT2D eigenvalue weighted by Crippen LogP contribution is 2.33. The number of benzene rings is 1. The van der Waals surface area contributed by atoms with E-state index in [0.29, 0.717) is 0 Å². The molecule has 0 bridgehead atoms. The van der Waals surface area contributed by atoms with Gasteiger partial charge in [0.05, 0.1) is 14.7 Å². The van der Waals surface area contributed by atoms with Crippen LogP contribution in [0.3, 0.4) is 0 Å². The van der Waals surface area contributed by atoms with Crippen molar-refractivity contribution in [1.29, 1.82) is 0 Å². The Balaban J connectivity index is 1.46. The smallest absolute Gasteiger partial charge is 0.183 e. The lowest BCUT2D eigenvalue weighted by molar-refractivity contribution is 0.373.